The number of ether oxygens (including phenoxy) is 3. The van der Waals surface area contributed by atoms with Gasteiger partial charge in [-0.25, -0.2) is 9.59 Å². The number of benzene rings is 2. The lowest BCUT2D eigenvalue weighted by molar-refractivity contribution is -0.139. The van der Waals surface area contributed by atoms with Gasteiger partial charge in [0.15, 0.2) is 11.5 Å². The molecule has 2 heterocycles. The minimum absolute atomic E-state index is 0.232. The second-order valence-electron chi connectivity index (χ2n) is 8.13. The Morgan fingerprint density at radius 3 is 2.44 bits per heavy atom. The van der Waals surface area contributed by atoms with Crippen molar-refractivity contribution in [3.63, 3.8) is 0 Å². The molecular weight excluding hydrogens is 458 g/mol. The molecule has 0 fully saturated rings. The second kappa shape index (κ2) is 10.4. The van der Waals surface area contributed by atoms with Crippen LogP contribution in [0.5, 0.6) is 11.5 Å². The molecule has 8 nitrogen and oxygen atoms in total. The zero-order valence-electron chi connectivity index (χ0n) is 19.4. The molecule has 34 heavy (non-hydrogen) atoms. The van der Waals surface area contributed by atoms with Crippen LogP contribution in [0.1, 0.15) is 29.7 Å². The highest BCUT2D eigenvalue weighted by Gasteiger charge is 2.34. The zero-order chi connectivity index (χ0) is 24.2. The van der Waals surface area contributed by atoms with Crippen LogP contribution in [0.15, 0.2) is 47.7 Å². The number of fused-ring (bicyclic) bond motifs is 1. The molecule has 1 unspecified atom stereocenters. The van der Waals surface area contributed by atoms with Crippen molar-refractivity contribution in [1.29, 1.82) is 0 Å². The van der Waals surface area contributed by atoms with Crippen LogP contribution >= 0.6 is 11.6 Å². The largest absolute Gasteiger partial charge is 0.493 e. The molecule has 0 radical (unpaired) electrons. The number of hydrogen-bond donors (Lipinski definition) is 2. The average molecular weight is 486 g/mol. The Labute approximate surface area is 203 Å². The Kier molecular flexibility index (Phi) is 7.29. The lowest BCUT2D eigenvalue weighted by atomic mass is 9.94. The van der Waals surface area contributed by atoms with Crippen molar-refractivity contribution in [1.82, 2.24) is 15.5 Å². The standard InChI is InChI=1S/C25H28ClN3O5/c1-4-34-24(30)22-19(27-25(31)28-23(22)15-5-7-18(26)8-6-15)14-29-10-9-16-11-20(32-2)21(33-3)12-17(16)13-29/h5-8,11-12,23H,4,9-10,13-14H2,1-3H3,(H2,27,28,31). The van der Waals surface area contributed by atoms with Crippen LogP contribution in [0.2, 0.25) is 5.02 Å². The van der Waals surface area contributed by atoms with E-state index >= 15 is 0 Å². The van der Waals surface area contributed by atoms with Crippen molar-refractivity contribution in [3.05, 3.63) is 69.4 Å². The Balaban J connectivity index is 1.66. The van der Waals surface area contributed by atoms with E-state index < -0.39 is 12.0 Å². The summed E-state index contributed by atoms with van der Waals surface area (Å²) in [5, 5.41) is 6.27. The van der Waals surface area contributed by atoms with Crippen LogP contribution < -0.4 is 20.1 Å². The van der Waals surface area contributed by atoms with E-state index in [1.807, 2.05) is 12.1 Å². The fourth-order valence-corrected chi connectivity index (χ4v) is 4.52. The van der Waals surface area contributed by atoms with Crippen LogP contribution in [0.25, 0.3) is 0 Å². The highest BCUT2D eigenvalue weighted by atomic mass is 35.5. The van der Waals surface area contributed by atoms with Gasteiger partial charge in [-0.2, -0.15) is 0 Å². The molecule has 0 saturated heterocycles. The van der Waals surface area contributed by atoms with Crippen LogP contribution in [0.4, 0.5) is 4.79 Å². The highest BCUT2D eigenvalue weighted by Crippen LogP contribution is 2.34. The number of carbonyl (C=O) groups is 2. The Morgan fingerprint density at radius 2 is 1.79 bits per heavy atom. The van der Waals surface area contributed by atoms with Gasteiger partial charge in [0.05, 0.1) is 32.4 Å². The van der Waals surface area contributed by atoms with Gasteiger partial charge in [0.2, 0.25) is 0 Å². The summed E-state index contributed by atoms with van der Waals surface area (Å²) in [5.41, 5.74) is 3.99. The number of nitrogens with one attached hydrogen (secondary N) is 2. The summed E-state index contributed by atoms with van der Waals surface area (Å²) in [6.45, 7) is 3.78. The number of hydrogen-bond acceptors (Lipinski definition) is 6. The third kappa shape index (κ3) is 4.98. The van der Waals surface area contributed by atoms with Crippen molar-refractivity contribution < 1.29 is 23.8 Å². The molecule has 0 aliphatic carbocycles. The van der Waals surface area contributed by atoms with Gasteiger partial charge in [0.1, 0.15) is 0 Å². The maximum atomic E-state index is 13.0. The van der Waals surface area contributed by atoms with Crippen LogP contribution in [-0.2, 0) is 22.5 Å². The number of methoxy groups -OCH3 is 2. The minimum Gasteiger partial charge on any atom is -0.493 e. The summed E-state index contributed by atoms with van der Waals surface area (Å²) < 4.78 is 16.2. The van der Waals surface area contributed by atoms with Crippen molar-refractivity contribution in [2.45, 2.75) is 25.9 Å². The third-order valence-corrected chi connectivity index (χ3v) is 6.28. The lowest BCUT2D eigenvalue weighted by Gasteiger charge is -2.34. The number of urea groups is 1. The van der Waals surface area contributed by atoms with Gasteiger partial charge in [-0.15, -0.1) is 0 Å². The van der Waals surface area contributed by atoms with Crippen molar-refractivity contribution in [3.8, 4) is 11.5 Å². The maximum Gasteiger partial charge on any atom is 0.338 e. The highest BCUT2D eigenvalue weighted by molar-refractivity contribution is 6.30. The van der Waals surface area contributed by atoms with Crippen LogP contribution in [0.3, 0.4) is 0 Å². The van der Waals surface area contributed by atoms with Gasteiger partial charge >= 0.3 is 12.0 Å². The molecule has 0 saturated carbocycles. The molecule has 0 spiro atoms. The van der Waals surface area contributed by atoms with Gasteiger partial charge in [0, 0.05) is 30.4 Å². The fraction of sp³-hybridized carbons (Fsp3) is 0.360. The van der Waals surface area contributed by atoms with Crippen molar-refractivity contribution in [2.75, 3.05) is 33.9 Å². The average Bonchev–Trinajstić information content (AvgIpc) is 2.83. The number of carbonyl (C=O) groups excluding carboxylic acids is 2. The molecule has 2 aliphatic heterocycles. The van der Waals surface area contributed by atoms with Gasteiger partial charge in [-0.3, -0.25) is 4.90 Å². The predicted molar refractivity (Wildman–Crippen MR) is 128 cm³/mol. The summed E-state index contributed by atoms with van der Waals surface area (Å²) in [6.07, 6.45) is 0.810. The van der Waals surface area contributed by atoms with Gasteiger partial charge in [-0.1, -0.05) is 23.7 Å². The first-order valence-electron chi connectivity index (χ1n) is 11.1. The number of halogens is 1. The maximum absolute atomic E-state index is 13.0. The van der Waals surface area contributed by atoms with E-state index in [2.05, 4.69) is 15.5 Å². The lowest BCUT2D eigenvalue weighted by Crippen LogP contribution is -2.49. The van der Waals surface area contributed by atoms with E-state index in [4.69, 9.17) is 25.8 Å². The molecule has 2 aromatic carbocycles. The van der Waals surface area contributed by atoms with Crippen LogP contribution in [0, 0.1) is 0 Å². The summed E-state index contributed by atoms with van der Waals surface area (Å²) in [7, 11) is 3.24. The van der Waals surface area contributed by atoms with Crippen molar-refractivity contribution in [2.24, 2.45) is 0 Å². The molecule has 9 heteroatoms. The van der Waals surface area contributed by atoms with Gasteiger partial charge < -0.3 is 24.8 Å². The van der Waals surface area contributed by atoms with E-state index in [9.17, 15) is 9.59 Å². The van der Waals surface area contributed by atoms with E-state index in [-0.39, 0.29) is 12.6 Å². The Morgan fingerprint density at radius 1 is 1.12 bits per heavy atom. The second-order valence-corrected chi connectivity index (χ2v) is 8.57. The van der Waals surface area contributed by atoms with Gasteiger partial charge in [-0.05, 0) is 54.3 Å². The normalized spacial score (nSPS) is 18.0. The number of amides is 2. The monoisotopic (exact) mass is 485 g/mol. The molecule has 180 valence electrons. The molecule has 1 atom stereocenters. The number of nitrogens with zero attached hydrogens (tertiary/aromatic N) is 1. The van der Waals surface area contributed by atoms with E-state index in [0.29, 0.717) is 40.9 Å². The molecule has 2 aliphatic rings. The molecule has 0 bridgehead atoms. The summed E-state index contributed by atoms with van der Waals surface area (Å²) in [5.74, 6) is 0.916. The molecule has 2 aromatic rings. The fourth-order valence-electron chi connectivity index (χ4n) is 4.40. The first kappa shape index (κ1) is 23.9. The SMILES string of the molecule is CCOC(=O)C1=C(CN2CCc3cc(OC)c(OC)cc3C2)NC(=O)NC1c1ccc(Cl)cc1. The third-order valence-electron chi connectivity index (χ3n) is 6.03. The zero-order valence-corrected chi connectivity index (χ0v) is 20.2. The van der Waals surface area contributed by atoms with Crippen molar-refractivity contribution >= 4 is 23.6 Å². The predicted octanol–water partition coefficient (Wildman–Crippen LogP) is 3.59. The minimum atomic E-state index is -0.638. The summed E-state index contributed by atoms with van der Waals surface area (Å²) in [4.78, 5) is 27.8. The number of esters is 1. The molecular formula is C25H28ClN3O5. The summed E-state index contributed by atoms with van der Waals surface area (Å²) >= 11 is 6.04. The topological polar surface area (TPSA) is 89.1 Å². The van der Waals surface area contributed by atoms with E-state index in [0.717, 1.165) is 24.1 Å². The van der Waals surface area contributed by atoms with E-state index in [1.54, 1.807) is 45.4 Å². The summed E-state index contributed by atoms with van der Waals surface area (Å²) in [6, 6.07) is 10.1. The Hall–Kier alpha value is -3.23. The Bertz CT molecular complexity index is 1120. The quantitative estimate of drug-likeness (QED) is 0.583. The van der Waals surface area contributed by atoms with Gasteiger partial charge in [0.25, 0.3) is 0 Å². The first-order valence-corrected chi connectivity index (χ1v) is 11.5. The molecule has 2 amide bonds. The van der Waals surface area contributed by atoms with E-state index in [1.165, 1.54) is 5.56 Å². The smallest absolute Gasteiger partial charge is 0.338 e. The molecule has 2 N–H and O–H groups in total. The molecule has 0 aromatic heterocycles. The molecule has 4 rings (SSSR count). The first-order chi connectivity index (χ1) is 16.4. The number of rotatable bonds is 7. The van der Waals surface area contributed by atoms with Crippen LogP contribution in [-0.4, -0.2) is 50.8 Å².